The van der Waals surface area contributed by atoms with E-state index in [9.17, 15) is 0 Å². The van der Waals surface area contributed by atoms with Crippen LogP contribution in [0, 0.1) is 0 Å². The van der Waals surface area contributed by atoms with Gasteiger partial charge in [0.1, 0.15) is 6.10 Å². The zero-order chi connectivity index (χ0) is 16.6. The van der Waals surface area contributed by atoms with Crippen LogP contribution in [0.4, 0.5) is 0 Å². The lowest BCUT2D eigenvalue weighted by atomic mass is 9.96. The Bertz CT molecular complexity index is 447. The highest BCUT2D eigenvalue weighted by atomic mass is 32.3. The molecule has 22 heavy (non-hydrogen) atoms. The van der Waals surface area contributed by atoms with E-state index >= 15 is 0 Å². The minimum atomic E-state index is -4.67. The smallest absolute Gasteiger partial charge is 0.370 e. The van der Waals surface area contributed by atoms with Crippen LogP contribution in [0.15, 0.2) is 4.99 Å². The van der Waals surface area contributed by atoms with Crippen LogP contribution in [-0.4, -0.2) is 48.5 Å². The summed E-state index contributed by atoms with van der Waals surface area (Å²) in [7, 11) is -4.67. The molecule has 0 bridgehead atoms. The number of hydrogen-bond acceptors (Lipinski definition) is 5. The van der Waals surface area contributed by atoms with Crippen LogP contribution in [0.5, 0.6) is 0 Å². The molecular weight excluding hydrogens is 314 g/mol. The van der Waals surface area contributed by atoms with Gasteiger partial charge in [0.15, 0.2) is 11.7 Å². The predicted octanol–water partition coefficient (Wildman–Crippen LogP) is 0.463. The van der Waals surface area contributed by atoms with Gasteiger partial charge in [0.2, 0.25) is 0 Å². The van der Waals surface area contributed by atoms with Crippen LogP contribution in [0.3, 0.4) is 0 Å². The predicted molar refractivity (Wildman–Crippen MR) is 80.7 cm³/mol. The van der Waals surface area contributed by atoms with Gasteiger partial charge in [-0.2, -0.15) is 8.42 Å². The Morgan fingerprint density at radius 1 is 1.14 bits per heavy atom. The van der Waals surface area contributed by atoms with E-state index in [1.807, 2.05) is 0 Å². The SMILES string of the molecule is NC(N)=NCC1COC2(CCCCCCC2)O1.O=S(=O)(O)O. The number of rotatable bonds is 2. The molecule has 0 aromatic rings. The van der Waals surface area contributed by atoms with Gasteiger partial charge in [-0.15, -0.1) is 0 Å². The van der Waals surface area contributed by atoms with Crippen LogP contribution in [-0.2, 0) is 19.9 Å². The molecule has 0 radical (unpaired) electrons. The van der Waals surface area contributed by atoms with E-state index in [-0.39, 0.29) is 17.9 Å². The molecule has 10 heteroatoms. The lowest BCUT2D eigenvalue weighted by molar-refractivity contribution is -0.180. The van der Waals surface area contributed by atoms with Gasteiger partial charge in [-0.1, -0.05) is 19.3 Å². The summed E-state index contributed by atoms with van der Waals surface area (Å²) in [5.74, 6) is -0.225. The summed E-state index contributed by atoms with van der Waals surface area (Å²) in [6, 6.07) is 0. The van der Waals surface area contributed by atoms with Crippen molar-refractivity contribution in [3.63, 3.8) is 0 Å². The van der Waals surface area contributed by atoms with Crippen molar-refractivity contribution in [2.45, 2.75) is 56.8 Å². The number of ether oxygens (including phenoxy) is 2. The molecule has 0 amide bonds. The quantitative estimate of drug-likeness (QED) is 0.321. The molecule has 1 aliphatic heterocycles. The average molecular weight is 339 g/mol. The number of nitrogens with two attached hydrogens (primary N) is 2. The van der Waals surface area contributed by atoms with Crippen LogP contribution in [0.2, 0.25) is 0 Å². The Labute approximate surface area is 130 Å². The van der Waals surface area contributed by atoms with Gasteiger partial charge < -0.3 is 20.9 Å². The molecule has 1 spiro atoms. The molecule has 2 aliphatic rings. The molecule has 9 nitrogen and oxygen atoms in total. The molecule has 0 aromatic heterocycles. The Morgan fingerprint density at radius 2 is 1.64 bits per heavy atom. The number of aliphatic imine (C=N–C) groups is 1. The van der Waals surface area contributed by atoms with E-state index in [0.717, 1.165) is 12.8 Å². The standard InChI is InChI=1S/C12H23N3O2.H2O4S/c13-11(14)15-8-10-9-16-12(17-10)6-4-2-1-3-5-7-12;1-5(2,3)4/h10H,1-9H2,(H4,13,14,15);(H2,1,2,3,4). The van der Waals surface area contributed by atoms with Gasteiger partial charge >= 0.3 is 10.4 Å². The summed E-state index contributed by atoms with van der Waals surface area (Å²) >= 11 is 0. The summed E-state index contributed by atoms with van der Waals surface area (Å²) in [4.78, 5) is 3.99. The van der Waals surface area contributed by atoms with Crippen LogP contribution < -0.4 is 11.5 Å². The third kappa shape index (κ3) is 8.49. The summed E-state index contributed by atoms with van der Waals surface area (Å²) in [6.07, 6.45) is 8.31. The molecule has 1 saturated carbocycles. The zero-order valence-corrected chi connectivity index (χ0v) is 13.3. The van der Waals surface area contributed by atoms with Crippen molar-refractivity contribution in [3.05, 3.63) is 0 Å². The third-order valence-corrected chi connectivity index (χ3v) is 3.51. The van der Waals surface area contributed by atoms with E-state index in [2.05, 4.69) is 4.99 Å². The first-order chi connectivity index (χ1) is 10.2. The summed E-state index contributed by atoms with van der Waals surface area (Å²) in [5, 5.41) is 0. The van der Waals surface area contributed by atoms with Gasteiger partial charge in [0, 0.05) is 12.8 Å². The highest BCUT2D eigenvalue weighted by Crippen LogP contribution is 2.36. The fourth-order valence-corrected chi connectivity index (χ4v) is 2.62. The van der Waals surface area contributed by atoms with Crippen LogP contribution >= 0.6 is 0 Å². The molecule has 1 saturated heterocycles. The van der Waals surface area contributed by atoms with Gasteiger partial charge in [-0.25, -0.2) is 0 Å². The van der Waals surface area contributed by atoms with Gasteiger partial charge in [-0.3, -0.25) is 14.1 Å². The van der Waals surface area contributed by atoms with Crippen LogP contribution in [0.25, 0.3) is 0 Å². The normalized spacial score (nSPS) is 24.7. The molecular formula is C12H25N3O6S. The van der Waals surface area contributed by atoms with Crippen LogP contribution in [0.1, 0.15) is 44.9 Å². The number of guanidine groups is 1. The van der Waals surface area contributed by atoms with Crippen molar-refractivity contribution >= 4 is 16.4 Å². The minimum absolute atomic E-state index is 0.0107. The molecule has 1 unspecified atom stereocenters. The van der Waals surface area contributed by atoms with Gasteiger partial charge in [0.25, 0.3) is 0 Å². The fourth-order valence-electron chi connectivity index (χ4n) is 2.62. The van der Waals surface area contributed by atoms with Crippen molar-refractivity contribution in [1.82, 2.24) is 0 Å². The Hall–Kier alpha value is -0.940. The molecule has 0 aromatic carbocycles. The second-order valence-corrected chi connectivity index (χ2v) is 6.34. The van der Waals surface area contributed by atoms with E-state index < -0.39 is 10.4 Å². The maximum atomic E-state index is 8.74. The highest BCUT2D eigenvalue weighted by molar-refractivity contribution is 7.79. The van der Waals surface area contributed by atoms with E-state index in [4.69, 9.17) is 38.5 Å². The number of hydrogen-bond donors (Lipinski definition) is 4. The van der Waals surface area contributed by atoms with E-state index in [1.54, 1.807) is 0 Å². The van der Waals surface area contributed by atoms with Gasteiger partial charge in [0.05, 0.1) is 13.2 Å². The maximum absolute atomic E-state index is 8.74. The summed E-state index contributed by atoms with van der Waals surface area (Å²) < 4.78 is 43.5. The monoisotopic (exact) mass is 339 g/mol. The van der Waals surface area contributed by atoms with E-state index in [0.29, 0.717) is 13.2 Å². The lowest BCUT2D eigenvalue weighted by Gasteiger charge is -2.29. The molecule has 1 atom stereocenters. The molecule has 2 fully saturated rings. The molecule has 6 N–H and O–H groups in total. The van der Waals surface area contributed by atoms with Gasteiger partial charge in [-0.05, 0) is 12.8 Å². The largest absolute Gasteiger partial charge is 0.394 e. The number of nitrogens with zero attached hydrogens (tertiary/aromatic N) is 1. The molecule has 1 heterocycles. The van der Waals surface area contributed by atoms with Crippen molar-refractivity contribution in [3.8, 4) is 0 Å². The Morgan fingerprint density at radius 3 is 2.14 bits per heavy atom. The third-order valence-electron chi connectivity index (χ3n) is 3.51. The maximum Gasteiger partial charge on any atom is 0.394 e. The average Bonchev–Trinajstić information content (AvgIpc) is 2.74. The zero-order valence-electron chi connectivity index (χ0n) is 12.5. The first-order valence-electron chi connectivity index (χ1n) is 7.27. The van der Waals surface area contributed by atoms with Crippen molar-refractivity contribution in [2.24, 2.45) is 16.5 Å². The molecule has 130 valence electrons. The van der Waals surface area contributed by atoms with Crippen molar-refractivity contribution in [2.75, 3.05) is 13.2 Å². The van der Waals surface area contributed by atoms with E-state index in [1.165, 1.54) is 32.1 Å². The second-order valence-electron chi connectivity index (χ2n) is 5.44. The molecule has 2 rings (SSSR count). The first kappa shape index (κ1) is 19.1. The van der Waals surface area contributed by atoms with Crippen molar-refractivity contribution in [1.29, 1.82) is 0 Å². The lowest BCUT2D eigenvalue weighted by Crippen LogP contribution is -2.32. The van der Waals surface area contributed by atoms with Crippen molar-refractivity contribution < 1.29 is 27.0 Å². The summed E-state index contributed by atoms with van der Waals surface area (Å²) in [5.41, 5.74) is 10.6. The minimum Gasteiger partial charge on any atom is -0.370 e. The Balaban J connectivity index is 0.000000422. The topological polar surface area (TPSA) is 157 Å². The Kier molecular flexibility index (Phi) is 7.49. The highest BCUT2D eigenvalue weighted by Gasteiger charge is 2.40. The summed E-state index contributed by atoms with van der Waals surface area (Å²) in [6.45, 7) is 1.11. The first-order valence-corrected chi connectivity index (χ1v) is 8.67. The molecule has 1 aliphatic carbocycles. The fraction of sp³-hybridized carbons (Fsp3) is 0.917. The second kappa shape index (κ2) is 8.63.